The highest BCUT2D eigenvalue weighted by molar-refractivity contribution is 7.92. The lowest BCUT2D eigenvalue weighted by Gasteiger charge is -2.33. The van der Waals surface area contributed by atoms with Crippen LogP contribution in [0, 0.1) is 6.92 Å². The van der Waals surface area contributed by atoms with Crippen LogP contribution in [0.4, 0.5) is 5.69 Å². The summed E-state index contributed by atoms with van der Waals surface area (Å²) in [6.07, 6.45) is 1.98. The van der Waals surface area contributed by atoms with Crippen LogP contribution in [-0.4, -0.2) is 56.6 Å². The Balaban J connectivity index is 2.38. The minimum atomic E-state index is -3.79. The fourth-order valence-corrected chi connectivity index (χ4v) is 4.64. The number of amides is 2. The molecule has 0 aliphatic rings. The van der Waals surface area contributed by atoms with Crippen LogP contribution in [0.2, 0.25) is 5.02 Å². The number of aryl methyl sites for hydroxylation is 1. The minimum absolute atomic E-state index is 0.0881. The first kappa shape index (κ1) is 27.7. The molecule has 0 aliphatic carbocycles. The number of nitrogens with one attached hydrogen (secondary N) is 1. The molecule has 2 amide bonds. The van der Waals surface area contributed by atoms with Crippen LogP contribution in [0.1, 0.15) is 38.3 Å². The third kappa shape index (κ3) is 7.74. The van der Waals surface area contributed by atoms with Gasteiger partial charge in [0.05, 0.1) is 11.9 Å². The topological polar surface area (TPSA) is 86.8 Å². The highest BCUT2D eigenvalue weighted by Crippen LogP contribution is 2.25. The molecule has 0 heterocycles. The number of nitrogens with zero attached hydrogens (tertiary/aromatic N) is 2. The Morgan fingerprint density at radius 3 is 2.26 bits per heavy atom. The van der Waals surface area contributed by atoms with E-state index < -0.39 is 28.5 Å². The molecule has 0 bridgehead atoms. The van der Waals surface area contributed by atoms with Crippen LogP contribution in [0.15, 0.2) is 48.5 Å². The van der Waals surface area contributed by atoms with E-state index in [1.165, 1.54) is 11.0 Å². The van der Waals surface area contributed by atoms with Gasteiger partial charge in [-0.1, -0.05) is 54.9 Å². The van der Waals surface area contributed by atoms with E-state index in [-0.39, 0.29) is 18.5 Å². The highest BCUT2D eigenvalue weighted by atomic mass is 35.5. The maximum Gasteiger partial charge on any atom is 0.244 e. The van der Waals surface area contributed by atoms with E-state index in [1.807, 2.05) is 58.0 Å². The van der Waals surface area contributed by atoms with E-state index in [0.717, 1.165) is 21.7 Å². The summed E-state index contributed by atoms with van der Waals surface area (Å²) in [7, 11) is -3.79. The van der Waals surface area contributed by atoms with Gasteiger partial charge in [-0.25, -0.2) is 8.42 Å². The second kappa shape index (κ2) is 12.2. The normalized spacial score (nSPS) is 12.3. The first-order valence-electron chi connectivity index (χ1n) is 11.3. The largest absolute Gasteiger partial charge is 0.352 e. The number of hydrogen-bond acceptors (Lipinski definition) is 4. The molecule has 2 rings (SSSR count). The zero-order chi connectivity index (χ0) is 25.5. The lowest BCUT2D eigenvalue weighted by molar-refractivity contribution is -0.139. The molecule has 7 nitrogen and oxygen atoms in total. The average molecular weight is 508 g/mol. The van der Waals surface area contributed by atoms with Gasteiger partial charge in [0.15, 0.2) is 0 Å². The molecule has 1 N–H and O–H groups in total. The molecule has 186 valence electrons. The fraction of sp³-hybridized carbons (Fsp3) is 0.440. The van der Waals surface area contributed by atoms with Gasteiger partial charge in [0.1, 0.15) is 12.6 Å². The summed E-state index contributed by atoms with van der Waals surface area (Å²) in [5, 5.41) is 3.28. The minimum Gasteiger partial charge on any atom is -0.352 e. The third-order valence-electron chi connectivity index (χ3n) is 5.42. The van der Waals surface area contributed by atoms with Gasteiger partial charge < -0.3 is 10.2 Å². The Morgan fingerprint density at radius 1 is 1.09 bits per heavy atom. The summed E-state index contributed by atoms with van der Waals surface area (Å²) >= 11 is 6.22. The monoisotopic (exact) mass is 507 g/mol. The maximum atomic E-state index is 13.5. The summed E-state index contributed by atoms with van der Waals surface area (Å²) in [6, 6.07) is 13.7. The highest BCUT2D eigenvalue weighted by Gasteiger charge is 2.31. The first-order valence-corrected chi connectivity index (χ1v) is 13.5. The van der Waals surface area contributed by atoms with Crippen molar-refractivity contribution < 1.29 is 18.0 Å². The van der Waals surface area contributed by atoms with Crippen LogP contribution < -0.4 is 9.62 Å². The van der Waals surface area contributed by atoms with Gasteiger partial charge in [-0.15, -0.1) is 0 Å². The third-order valence-corrected chi connectivity index (χ3v) is 6.97. The van der Waals surface area contributed by atoms with Gasteiger partial charge in [-0.2, -0.15) is 0 Å². The number of carbonyl (C=O) groups excluding carboxylic acids is 2. The predicted molar refractivity (Wildman–Crippen MR) is 138 cm³/mol. The van der Waals surface area contributed by atoms with Crippen LogP contribution in [0.5, 0.6) is 0 Å². The van der Waals surface area contributed by atoms with E-state index in [1.54, 1.807) is 12.1 Å². The Kier molecular flexibility index (Phi) is 9.94. The molecule has 0 radical (unpaired) electrons. The summed E-state index contributed by atoms with van der Waals surface area (Å²) in [5.74, 6) is -0.716. The average Bonchev–Trinajstić information content (AvgIpc) is 2.76. The smallest absolute Gasteiger partial charge is 0.244 e. The first-order chi connectivity index (χ1) is 15.9. The molecule has 0 saturated heterocycles. The van der Waals surface area contributed by atoms with Gasteiger partial charge in [0.2, 0.25) is 21.8 Å². The molecule has 0 saturated carbocycles. The second-order valence-electron chi connectivity index (χ2n) is 8.61. The van der Waals surface area contributed by atoms with Gasteiger partial charge in [-0.3, -0.25) is 13.9 Å². The van der Waals surface area contributed by atoms with Crippen LogP contribution in [-0.2, 0) is 26.0 Å². The Labute approximate surface area is 208 Å². The van der Waals surface area contributed by atoms with Crippen molar-refractivity contribution in [1.82, 2.24) is 10.2 Å². The molecule has 34 heavy (non-hydrogen) atoms. The standard InChI is InChI=1S/C25H34ClN3O4S/c1-6-23(25(31)27-18(2)3)28(15-14-20-10-8-7-9-11-20)24(30)17-29(34(5,32)33)21-13-12-19(4)22(26)16-21/h7-13,16,18,23H,6,14-15,17H2,1-5H3,(H,27,31)/t23-/m1/s1. The molecule has 0 spiro atoms. The molecule has 2 aromatic carbocycles. The Morgan fingerprint density at radius 2 is 1.74 bits per heavy atom. The summed E-state index contributed by atoms with van der Waals surface area (Å²) in [5.41, 5.74) is 2.12. The van der Waals surface area contributed by atoms with Crippen molar-refractivity contribution in [2.45, 2.75) is 52.6 Å². The van der Waals surface area contributed by atoms with Gasteiger partial charge >= 0.3 is 0 Å². The van der Waals surface area contributed by atoms with Crippen molar-refractivity contribution in [1.29, 1.82) is 0 Å². The van der Waals surface area contributed by atoms with E-state index >= 15 is 0 Å². The number of rotatable bonds is 11. The lowest BCUT2D eigenvalue weighted by atomic mass is 10.1. The molecule has 0 fully saturated rings. The molecular weight excluding hydrogens is 474 g/mol. The van der Waals surface area contributed by atoms with Crippen molar-refractivity contribution in [2.75, 3.05) is 23.7 Å². The molecular formula is C25H34ClN3O4S. The maximum absolute atomic E-state index is 13.5. The predicted octanol–water partition coefficient (Wildman–Crippen LogP) is 3.79. The van der Waals surface area contributed by atoms with Crippen LogP contribution >= 0.6 is 11.6 Å². The Hall–Kier alpha value is -2.58. The molecule has 0 aliphatic heterocycles. The molecule has 0 unspecified atom stereocenters. The van der Waals surface area contributed by atoms with Crippen molar-refractivity contribution in [3.8, 4) is 0 Å². The van der Waals surface area contributed by atoms with Gasteiger partial charge in [-0.05, 0) is 56.9 Å². The number of benzene rings is 2. The van der Waals surface area contributed by atoms with Crippen molar-refractivity contribution in [2.24, 2.45) is 0 Å². The van der Waals surface area contributed by atoms with E-state index in [0.29, 0.717) is 23.6 Å². The zero-order valence-electron chi connectivity index (χ0n) is 20.4. The summed E-state index contributed by atoms with van der Waals surface area (Å²) in [6.45, 7) is 7.20. The summed E-state index contributed by atoms with van der Waals surface area (Å²) < 4.78 is 26.3. The van der Waals surface area contributed by atoms with Crippen molar-refractivity contribution in [3.63, 3.8) is 0 Å². The van der Waals surface area contributed by atoms with E-state index in [2.05, 4.69) is 5.32 Å². The van der Waals surface area contributed by atoms with Crippen molar-refractivity contribution >= 4 is 39.1 Å². The van der Waals surface area contributed by atoms with E-state index in [4.69, 9.17) is 11.6 Å². The number of carbonyl (C=O) groups is 2. The van der Waals surface area contributed by atoms with E-state index in [9.17, 15) is 18.0 Å². The van der Waals surface area contributed by atoms with Gasteiger partial charge in [0.25, 0.3) is 0 Å². The fourth-order valence-electron chi connectivity index (χ4n) is 3.63. The number of anilines is 1. The lowest BCUT2D eigenvalue weighted by Crippen LogP contribution is -2.54. The zero-order valence-corrected chi connectivity index (χ0v) is 22.0. The van der Waals surface area contributed by atoms with Gasteiger partial charge in [0, 0.05) is 17.6 Å². The quantitative estimate of drug-likeness (QED) is 0.501. The molecule has 0 aromatic heterocycles. The van der Waals surface area contributed by atoms with Crippen LogP contribution in [0.25, 0.3) is 0 Å². The number of sulfonamides is 1. The molecule has 2 aromatic rings. The SMILES string of the molecule is CC[C@H](C(=O)NC(C)C)N(CCc1ccccc1)C(=O)CN(c1ccc(C)c(Cl)c1)S(C)(=O)=O. The number of hydrogen-bond donors (Lipinski definition) is 1. The van der Waals surface area contributed by atoms with Crippen molar-refractivity contribution in [3.05, 3.63) is 64.7 Å². The molecule has 9 heteroatoms. The summed E-state index contributed by atoms with van der Waals surface area (Å²) in [4.78, 5) is 28.0. The molecule has 1 atom stereocenters. The second-order valence-corrected chi connectivity index (χ2v) is 10.9. The Bertz CT molecular complexity index is 1090. The number of halogens is 1. The van der Waals surface area contributed by atoms with Crippen LogP contribution in [0.3, 0.4) is 0 Å².